The van der Waals surface area contributed by atoms with E-state index in [1.807, 2.05) is 0 Å². The molecule has 21 heavy (non-hydrogen) atoms. The van der Waals surface area contributed by atoms with Crippen LogP contribution in [0, 0.1) is 0 Å². The van der Waals surface area contributed by atoms with Gasteiger partial charge in [-0.3, -0.25) is 9.59 Å². The van der Waals surface area contributed by atoms with Crippen molar-refractivity contribution in [2.45, 2.75) is 43.2 Å². The highest BCUT2D eigenvalue weighted by Gasteiger charge is 2.32. The lowest BCUT2D eigenvalue weighted by atomic mass is 10.2. The highest BCUT2D eigenvalue weighted by Crippen LogP contribution is 2.16. The maximum atomic E-state index is 12.0. The molecule has 0 aliphatic heterocycles. The molecule has 1 aromatic heterocycles. The number of sulfonamides is 1. The molecule has 1 heterocycles. The summed E-state index contributed by atoms with van der Waals surface area (Å²) in [5, 5.41) is 11.2. The Balaban J connectivity index is 2.88. The Morgan fingerprint density at radius 1 is 1.38 bits per heavy atom. The monoisotopic (exact) mass is 335 g/mol. The summed E-state index contributed by atoms with van der Waals surface area (Å²) in [5.41, 5.74) is 0. The molecule has 0 saturated carbocycles. The van der Waals surface area contributed by atoms with Gasteiger partial charge in [0.05, 0.1) is 6.10 Å². The molecule has 1 rings (SSSR count). The largest absolute Gasteiger partial charge is 0.453 e. The molecule has 2 N–H and O–H groups in total. The van der Waals surface area contributed by atoms with Gasteiger partial charge in [-0.05, 0) is 32.2 Å². The molecule has 0 saturated heterocycles. The Labute approximate surface area is 127 Å². The van der Waals surface area contributed by atoms with Crippen molar-refractivity contribution < 1.29 is 27.9 Å². The van der Waals surface area contributed by atoms with Crippen LogP contribution in [0.3, 0.4) is 0 Å². The van der Waals surface area contributed by atoms with Crippen LogP contribution in [0.4, 0.5) is 0 Å². The van der Waals surface area contributed by atoms with Crippen molar-refractivity contribution >= 4 is 33.1 Å². The molecular formula is C12H17NO6S2. The van der Waals surface area contributed by atoms with Crippen LogP contribution >= 0.6 is 11.3 Å². The van der Waals surface area contributed by atoms with Crippen LogP contribution in [0.2, 0.25) is 0 Å². The third-order valence-corrected chi connectivity index (χ3v) is 5.48. The number of ketones is 1. The smallest absolute Gasteiger partial charge is 0.327 e. The fourth-order valence-electron chi connectivity index (χ4n) is 1.32. The van der Waals surface area contributed by atoms with Gasteiger partial charge in [0.15, 0.2) is 11.9 Å². The number of Topliss-reactive ketones (excluding diaryl/α,β-unsaturated/α-hetero) is 1. The fourth-order valence-corrected chi connectivity index (χ4v) is 3.58. The fraction of sp³-hybridized carbons (Fsp3) is 0.500. The van der Waals surface area contributed by atoms with E-state index in [1.165, 1.54) is 26.8 Å². The van der Waals surface area contributed by atoms with E-state index in [2.05, 4.69) is 4.72 Å². The summed E-state index contributed by atoms with van der Waals surface area (Å²) in [6, 6.07) is 1.43. The number of hydrogen-bond donors (Lipinski definition) is 2. The lowest BCUT2D eigenvalue weighted by Gasteiger charge is -2.21. The molecule has 0 radical (unpaired) electrons. The van der Waals surface area contributed by atoms with Gasteiger partial charge >= 0.3 is 5.97 Å². The average Bonchev–Trinajstić information content (AvgIpc) is 2.89. The van der Waals surface area contributed by atoms with Crippen molar-refractivity contribution in [2.24, 2.45) is 0 Å². The average molecular weight is 335 g/mol. The second-order valence-electron chi connectivity index (χ2n) is 4.46. The zero-order valence-corrected chi connectivity index (χ0v) is 13.4. The van der Waals surface area contributed by atoms with Crippen LogP contribution in [0.5, 0.6) is 0 Å². The molecule has 0 aliphatic carbocycles. The molecule has 0 unspecified atom stereocenters. The quantitative estimate of drug-likeness (QED) is 0.693. The summed E-state index contributed by atoms with van der Waals surface area (Å²) >= 11 is 0.976. The number of ether oxygens (including phenoxy) is 1. The molecule has 0 amide bonds. The molecule has 7 nitrogen and oxygen atoms in total. The van der Waals surface area contributed by atoms with Gasteiger partial charge in [0.2, 0.25) is 0 Å². The van der Waals surface area contributed by atoms with Crippen LogP contribution in [0.25, 0.3) is 0 Å². The minimum absolute atomic E-state index is 0.0144. The summed E-state index contributed by atoms with van der Waals surface area (Å²) in [6.45, 7) is 3.86. The number of carbonyl (C=O) groups excluding carboxylic acids is 2. The van der Waals surface area contributed by atoms with Crippen molar-refractivity contribution in [3.8, 4) is 0 Å². The van der Waals surface area contributed by atoms with E-state index in [0.717, 1.165) is 11.3 Å². The van der Waals surface area contributed by atoms with E-state index < -0.39 is 34.2 Å². The van der Waals surface area contributed by atoms with Gasteiger partial charge in [-0.2, -0.15) is 4.72 Å². The Morgan fingerprint density at radius 3 is 2.43 bits per heavy atom. The van der Waals surface area contributed by atoms with E-state index in [4.69, 9.17) is 4.74 Å². The van der Waals surface area contributed by atoms with Crippen LogP contribution in [-0.2, 0) is 24.3 Å². The summed E-state index contributed by atoms with van der Waals surface area (Å²) in [5.74, 6) is -1.39. The number of rotatable bonds is 7. The highest BCUT2D eigenvalue weighted by molar-refractivity contribution is 7.91. The topological polar surface area (TPSA) is 110 Å². The lowest BCUT2D eigenvalue weighted by Crippen LogP contribution is -2.49. The Hall–Kier alpha value is -1.29. The van der Waals surface area contributed by atoms with Gasteiger partial charge in [0.1, 0.15) is 10.3 Å². The second-order valence-corrected chi connectivity index (χ2v) is 7.35. The predicted octanol–water partition coefficient (Wildman–Crippen LogP) is 0.296. The maximum absolute atomic E-state index is 12.0. The van der Waals surface area contributed by atoms with Crippen LogP contribution in [-0.4, -0.2) is 43.5 Å². The van der Waals surface area contributed by atoms with E-state index in [0.29, 0.717) is 0 Å². The van der Waals surface area contributed by atoms with Crippen LogP contribution in [0.1, 0.15) is 20.8 Å². The SMILES string of the molecule is CC(=O)[C@H](C)OC(=O)[C@@H](NS(=O)(=O)c1cccs1)[C@H](C)O. The molecular weight excluding hydrogens is 318 g/mol. The molecule has 0 fully saturated rings. The summed E-state index contributed by atoms with van der Waals surface area (Å²) in [7, 11) is -3.94. The van der Waals surface area contributed by atoms with E-state index in [1.54, 1.807) is 11.4 Å². The Morgan fingerprint density at radius 2 is 2.00 bits per heavy atom. The maximum Gasteiger partial charge on any atom is 0.327 e. The second kappa shape index (κ2) is 7.12. The van der Waals surface area contributed by atoms with Crippen LogP contribution < -0.4 is 4.72 Å². The lowest BCUT2D eigenvalue weighted by molar-refractivity contribution is -0.157. The molecule has 9 heteroatoms. The predicted molar refractivity (Wildman–Crippen MR) is 76.3 cm³/mol. The number of carbonyl (C=O) groups is 2. The number of aliphatic hydroxyl groups excluding tert-OH is 1. The minimum Gasteiger partial charge on any atom is -0.453 e. The third-order valence-electron chi connectivity index (χ3n) is 2.64. The molecule has 0 spiro atoms. The molecule has 3 atom stereocenters. The molecule has 1 aromatic rings. The number of esters is 1. The zero-order chi connectivity index (χ0) is 16.2. The van der Waals surface area contributed by atoms with Gasteiger partial charge in [-0.25, -0.2) is 8.42 Å². The van der Waals surface area contributed by atoms with Crippen LogP contribution in [0.15, 0.2) is 21.7 Å². The van der Waals surface area contributed by atoms with Gasteiger partial charge in [0.25, 0.3) is 10.0 Å². The molecule has 118 valence electrons. The first-order valence-corrected chi connectivity index (χ1v) is 8.46. The number of thiophene rings is 1. The minimum atomic E-state index is -3.94. The van der Waals surface area contributed by atoms with E-state index in [-0.39, 0.29) is 9.99 Å². The van der Waals surface area contributed by atoms with Gasteiger partial charge in [-0.15, -0.1) is 11.3 Å². The summed E-state index contributed by atoms with van der Waals surface area (Å²) in [4.78, 5) is 23.0. The van der Waals surface area contributed by atoms with E-state index >= 15 is 0 Å². The first-order valence-electron chi connectivity index (χ1n) is 6.10. The van der Waals surface area contributed by atoms with Crippen molar-refractivity contribution in [3.05, 3.63) is 17.5 Å². The van der Waals surface area contributed by atoms with Crippen molar-refractivity contribution in [1.82, 2.24) is 4.72 Å². The summed E-state index contributed by atoms with van der Waals surface area (Å²) in [6.07, 6.45) is -2.32. The normalized spacial score (nSPS) is 16.0. The van der Waals surface area contributed by atoms with Crippen molar-refractivity contribution in [1.29, 1.82) is 0 Å². The Kier molecular flexibility index (Phi) is 6.02. The summed E-state index contributed by atoms with van der Waals surface area (Å²) < 4.78 is 31.0. The zero-order valence-electron chi connectivity index (χ0n) is 11.8. The Bertz CT molecular complexity index is 593. The molecule has 0 aromatic carbocycles. The molecule has 0 bridgehead atoms. The number of hydrogen-bond acceptors (Lipinski definition) is 7. The van der Waals surface area contributed by atoms with Gasteiger partial charge in [0, 0.05) is 0 Å². The van der Waals surface area contributed by atoms with Gasteiger partial charge < -0.3 is 9.84 Å². The standard InChI is InChI=1S/C12H17NO6S2/c1-7(14)9(3)19-12(16)11(8(2)15)13-21(17,18)10-5-4-6-20-10/h4-6,8-9,11,13,15H,1-3H3/t8-,9-,11-/m0/s1. The molecule has 0 aliphatic rings. The third kappa shape index (κ3) is 4.88. The van der Waals surface area contributed by atoms with Gasteiger partial charge in [-0.1, -0.05) is 6.07 Å². The highest BCUT2D eigenvalue weighted by atomic mass is 32.2. The first-order chi connectivity index (χ1) is 9.65. The number of aliphatic hydroxyl groups is 1. The van der Waals surface area contributed by atoms with Crippen molar-refractivity contribution in [2.75, 3.05) is 0 Å². The number of nitrogens with one attached hydrogen (secondary N) is 1. The first kappa shape index (κ1) is 17.8. The van der Waals surface area contributed by atoms with Crippen molar-refractivity contribution in [3.63, 3.8) is 0 Å². The van der Waals surface area contributed by atoms with E-state index in [9.17, 15) is 23.1 Å².